The van der Waals surface area contributed by atoms with E-state index < -0.39 is 17.1 Å². The van der Waals surface area contributed by atoms with Crippen molar-refractivity contribution < 1.29 is 24.2 Å². The highest BCUT2D eigenvalue weighted by Gasteiger charge is 2.26. The third kappa shape index (κ3) is 5.65. The molecule has 0 aliphatic rings. The molecule has 0 fully saturated rings. The van der Waals surface area contributed by atoms with E-state index in [4.69, 9.17) is 9.15 Å². The number of phenolic OH excluding ortho intramolecular Hbond substituents is 1. The molecule has 1 aromatic heterocycles. The molecule has 0 spiro atoms. The van der Waals surface area contributed by atoms with Gasteiger partial charge in [0.05, 0.1) is 13.0 Å². The van der Waals surface area contributed by atoms with Crippen LogP contribution in [-0.4, -0.2) is 37.3 Å². The molecule has 1 atom stereocenters. The van der Waals surface area contributed by atoms with Crippen molar-refractivity contribution in [3.8, 4) is 17.2 Å². The summed E-state index contributed by atoms with van der Waals surface area (Å²) >= 11 is 0. The second-order valence-electron chi connectivity index (χ2n) is 7.96. The van der Waals surface area contributed by atoms with Crippen LogP contribution in [0.15, 0.2) is 57.7 Å². The summed E-state index contributed by atoms with van der Waals surface area (Å²) in [6.45, 7) is 1.91. The summed E-state index contributed by atoms with van der Waals surface area (Å²) in [4.78, 5) is 27.0. The summed E-state index contributed by atoms with van der Waals surface area (Å²) in [5.74, 6) is -1.20. The lowest BCUT2D eigenvalue weighted by Crippen LogP contribution is -2.25. The molecule has 3 aromatic rings. The molecule has 2 aromatic carbocycles. The van der Waals surface area contributed by atoms with E-state index in [-0.39, 0.29) is 29.6 Å². The summed E-state index contributed by atoms with van der Waals surface area (Å²) in [5.41, 5.74) is 1.93. The first-order valence-corrected chi connectivity index (χ1v) is 10.4. The first-order valence-electron chi connectivity index (χ1n) is 10.4. The van der Waals surface area contributed by atoms with E-state index in [9.17, 15) is 19.8 Å². The van der Waals surface area contributed by atoms with Crippen molar-refractivity contribution in [3.63, 3.8) is 0 Å². The van der Waals surface area contributed by atoms with Gasteiger partial charge >= 0.3 is 0 Å². The third-order valence-electron chi connectivity index (χ3n) is 5.33. The molecular formula is C25H28N2O6. The van der Waals surface area contributed by atoms with E-state index >= 15 is 0 Å². The first-order chi connectivity index (χ1) is 15.7. The number of anilines is 1. The Morgan fingerprint density at radius 1 is 1.12 bits per heavy atom. The number of carbonyl (C=O) groups is 1. The normalized spacial score (nSPS) is 11.6. The van der Waals surface area contributed by atoms with E-state index in [0.717, 1.165) is 11.3 Å². The van der Waals surface area contributed by atoms with E-state index in [0.29, 0.717) is 17.9 Å². The minimum absolute atomic E-state index is 0.0155. The topological polar surface area (TPSA) is 112 Å². The zero-order chi connectivity index (χ0) is 24.1. The van der Waals surface area contributed by atoms with Crippen LogP contribution in [0.5, 0.6) is 17.2 Å². The number of carbonyl (C=O) groups excluding carboxylic acids is 1. The van der Waals surface area contributed by atoms with Crippen LogP contribution in [0.25, 0.3) is 0 Å². The maximum absolute atomic E-state index is 12.8. The van der Waals surface area contributed by atoms with Gasteiger partial charge in [-0.15, -0.1) is 0 Å². The number of nitrogens with one attached hydrogen (secondary N) is 1. The molecule has 1 unspecified atom stereocenters. The smallest absolute Gasteiger partial charge is 0.227 e. The van der Waals surface area contributed by atoms with E-state index in [1.165, 1.54) is 19.2 Å². The quantitative estimate of drug-likeness (QED) is 0.481. The Morgan fingerprint density at radius 3 is 2.45 bits per heavy atom. The Kier molecular flexibility index (Phi) is 7.27. The summed E-state index contributed by atoms with van der Waals surface area (Å²) in [6, 6.07) is 13.6. The molecule has 0 aliphatic carbocycles. The summed E-state index contributed by atoms with van der Waals surface area (Å²) in [5, 5.41) is 23.2. The number of aromatic hydroxyl groups is 2. The Morgan fingerprint density at radius 2 is 1.82 bits per heavy atom. The van der Waals surface area contributed by atoms with Gasteiger partial charge in [0.2, 0.25) is 17.1 Å². The molecule has 8 heteroatoms. The van der Waals surface area contributed by atoms with Crippen molar-refractivity contribution in [2.24, 2.45) is 0 Å². The molecule has 0 aliphatic heterocycles. The predicted molar refractivity (Wildman–Crippen MR) is 125 cm³/mol. The molecule has 0 saturated heterocycles. The second kappa shape index (κ2) is 10.1. The Balaban J connectivity index is 1.87. The lowest BCUT2D eigenvalue weighted by Gasteiger charge is -2.19. The zero-order valence-electron chi connectivity index (χ0n) is 19.1. The van der Waals surface area contributed by atoms with Crippen molar-refractivity contribution in [1.82, 2.24) is 5.32 Å². The molecule has 3 N–H and O–H groups in total. The minimum Gasteiger partial charge on any atom is -0.504 e. The number of methoxy groups -OCH3 is 1. The van der Waals surface area contributed by atoms with Crippen LogP contribution in [0, 0.1) is 6.92 Å². The lowest BCUT2D eigenvalue weighted by molar-refractivity contribution is -0.121. The fourth-order valence-corrected chi connectivity index (χ4v) is 3.50. The van der Waals surface area contributed by atoms with Crippen molar-refractivity contribution in [3.05, 3.63) is 81.4 Å². The molecule has 33 heavy (non-hydrogen) atoms. The van der Waals surface area contributed by atoms with Gasteiger partial charge in [0, 0.05) is 38.8 Å². The average Bonchev–Trinajstić information content (AvgIpc) is 2.79. The fraction of sp³-hybridized carbons (Fsp3) is 0.280. The number of hydrogen-bond donors (Lipinski definition) is 3. The van der Waals surface area contributed by atoms with Crippen molar-refractivity contribution in [2.75, 3.05) is 26.1 Å². The highest BCUT2D eigenvalue weighted by molar-refractivity contribution is 5.77. The first kappa shape index (κ1) is 23.7. The number of nitrogens with zero attached hydrogens (tertiary/aromatic N) is 1. The number of amides is 1. The van der Waals surface area contributed by atoms with Crippen molar-refractivity contribution in [1.29, 1.82) is 0 Å². The molecule has 174 valence electrons. The van der Waals surface area contributed by atoms with E-state index in [1.54, 1.807) is 19.1 Å². The fourth-order valence-electron chi connectivity index (χ4n) is 3.50. The zero-order valence-corrected chi connectivity index (χ0v) is 19.1. The van der Waals surface area contributed by atoms with Gasteiger partial charge in [0.25, 0.3) is 0 Å². The molecule has 1 heterocycles. The van der Waals surface area contributed by atoms with Gasteiger partial charge in [-0.05, 0) is 42.3 Å². The van der Waals surface area contributed by atoms with Crippen molar-refractivity contribution in [2.45, 2.75) is 25.8 Å². The average molecular weight is 453 g/mol. The lowest BCUT2D eigenvalue weighted by atomic mass is 9.91. The SMILES string of the molecule is COc1cc(C(CC(=O)NCc2ccc(N(C)C)cc2)c2oc(C)cc(=O)c2O)ccc1O. The van der Waals surface area contributed by atoms with Gasteiger partial charge in [0.1, 0.15) is 5.76 Å². The van der Waals surface area contributed by atoms with Crippen molar-refractivity contribution >= 4 is 11.6 Å². The molecule has 3 rings (SSSR count). The number of benzene rings is 2. The Bertz CT molecular complexity index is 1180. The van der Waals surface area contributed by atoms with E-state index in [2.05, 4.69) is 5.32 Å². The summed E-state index contributed by atoms with van der Waals surface area (Å²) < 4.78 is 10.8. The highest BCUT2D eigenvalue weighted by Crippen LogP contribution is 2.37. The van der Waals surface area contributed by atoms with Gasteiger partial charge in [-0.3, -0.25) is 9.59 Å². The van der Waals surface area contributed by atoms with Gasteiger partial charge in [-0.25, -0.2) is 0 Å². The van der Waals surface area contributed by atoms with Crippen LogP contribution in [-0.2, 0) is 11.3 Å². The van der Waals surface area contributed by atoms with E-state index in [1.807, 2.05) is 43.3 Å². The molecule has 0 radical (unpaired) electrons. The van der Waals surface area contributed by atoms with Gasteiger partial charge in [-0.2, -0.15) is 0 Å². The maximum atomic E-state index is 12.8. The Labute approximate surface area is 192 Å². The van der Waals surface area contributed by atoms with Crippen LogP contribution in [0.1, 0.15) is 35.0 Å². The molecule has 0 saturated carbocycles. The van der Waals surface area contributed by atoms with Crippen LogP contribution in [0.4, 0.5) is 5.69 Å². The number of hydrogen-bond acceptors (Lipinski definition) is 7. The predicted octanol–water partition coefficient (Wildman–Crippen LogP) is 3.27. The van der Waals surface area contributed by atoms with Gasteiger partial charge in [0.15, 0.2) is 17.3 Å². The minimum atomic E-state index is -0.775. The number of aryl methyl sites for hydroxylation is 1. The molecule has 8 nitrogen and oxygen atoms in total. The second-order valence-corrected chi connectivity index (χ2v) is 7.96. The van der Waals surface area contributed by atoms with Crippen LogP contribution in [0.3, 0.4) is 0 Å². The highest BCUT2D eigenvalue weighted by atomic mass is 16.5. The van der Waals surface area contributed by atoms with Crippen LogP contribution < -0.4 is 20.4 Å². The Hall–Kier alpha value is -3.94. The number of phenols is 1. The van der Waals surface area contributed by atoms with Crippen LogP contribution >= 0.6 is 0 Å². The third-order valence-corrected chi connectivity index (χ3v) is 5.33. The number of rotatable bonds is 8. The monoisotopic (exact) mass is 452 g/mol. The number of ether oxygens (including phenoxy) is 1. The molecular weight excluding hydrogens is 424 g/mol. The largest absolute Gasteiger partial charge is 0.504 e. The summed E-state index contributed by atoms with van der Waals surface area (Å²) in [7, 11) is 5.31. The van der Waals surface area contributed by atoms with Gasteiger partial charge in [-0.1, -0.05) is 18.2 Å². The van der Waals surface area contributed by atoms with Gasteiger partial charge < -0.3 is 29.6 Å². The molecule has 1 amide bonds. The maximum Gasteiger partial charge on any atom is 0.227 e. The van der Waals surface area contributed by atoms with Crippen LogP contribution in [0.2, 0.25) is 0 Å². The molecule has 0 bridgehead atoms. The standard InChI is InChI=1S/C25H28N2O6/c1-15-11-21(29)24(31)25(33-15)19(17-7-10-20(28)22(12-17)32-4)13-23(30)26-14-16-5-8-18(9-6-16)27(2)3/h5-12,19,28,31H,13-14H2,1-4H3,(H,26,30). The summed E-state index contributed by atoms with van der Waals surface area (Å²) in [6.07, 6.45) is -0.0936.